The Morgan fingerprint density at radius 2 is 2.06 bits per heavy atom. The number of nitrogens with one attached hydrogen (secondary N) is 2. The van der Waals surface area contributed by atoms with E-state index in [1.807, 2.05) is 12.1 Å². The van der Waals surface area contributed by atoms with Crippen LogP contribution in [-0.2, 0) is 12.8 Å². The smallest absolute Gasteiger partial charge is 0.152 e. The van der Waals surface area contributed by atoms with Crippen molar-refractivity contribution >= 4 is 5.69 Å². The van der Waals surface area contributed by atoms with Crippen molar-refractivity contribution in [2.45, 2.75) is 33.1 Å². The highest BCUT2D eigenvalue weighted by Gasteiger charge is 2.02. The van der Waals surface area contributed by atoms with Gasteiger partial charge in [0.25, 0.3) is 0 Å². The molecular weight excluding hydrogens is 224 g/mol. The summed E-state index contributed by atoms with van der Waals surface area (Å²) in [5, 5.41) is 10.6. The van der Waals surface area contributed by atoms with Gasteiger partial charge in [0, 0.05) is 25.1 Å². The first-order chi connectivity index (χ1) is 8.79. The molecule has 0 atom stereocenters. The molecule has 1 heterocycles. The lowest BCUT2D eigenvalue weighted by Crippen LogP contribution is -2.07. The summed E-state index contributed by atoms with van der Waals surface area (Å²) < 4.78 is 0. The van der Waals surface area contributed by atoms with Gasteiger partial charge in [-0.2, -0.15) is 5.10 Å². The van der Waals surface area contributed by atoms with E-state index in [1.165, 1.54) is 11.3 Å². The van der Waals surface area contributed by atoms with Gasteiger partial charge in [0.1, 0.15) is 5.82 Å². The summed E-state index contributed by atoms with van der Waals surface area (Å²) in [5.74, 6) is 1.88. The van der Waals surface area contributed by atoms with Crippen molar-refractivity contribution in [2.75, 3.05) is 11.9 Å². The molecular formula is C14H20N4. The Hall–Kier alpha value is -1.84. The molecule has 0 bridgehead atoms. The second-order valence-electron chi connectivity index (χ2n) is 4.44. The van der Waals surface area contributed by atoms with E-state index in [0.29, 0.717) is 0 Å². The Morgan fingerprint density at radius 1 is 1.22 bits per heavy atom. The summed E-state index contributed by atoms with van der Waals surface area (Å²) in [7, 11) is 0. The number of para-hydroxylation sites is 1. The van der Waals surface area contributed by atoms with Crippen molar-refractivity contribution in [2.24, 2.45) is 0 Å². The van der Waals surface area contributed by atoms with Crippen LogP contribution < -0.4 is 5.32 Å². The van der Waals surface area contributed by atoms with Gasteiger partial charge in [-0.1, -0.05) is 25.1 Å². The highest BCUT2D eigenvalue weighted by atomic mass is 15.2. The molecule has 1 aromatic heterocycles. The van der Waals surface area contributed by atoms with Crippen LogP contribution in [0.25, 0.3) is 0 Å². The van der Waals surface area contributed by atoms with Crippen molar-refractivity contribution in [3.05, 3.63) is 41.5 Å². The molecule has 0 aliphatic heterocycles. The number of aromatic amines is 1. The highest BCUT2D eigenvalue weighted by Crippen LogP contribution is 2.12. The second kappa shape index (κ2) is 6.19. The Labute approximate surface area is 108 Å². The largest absolute Gasteiger partial charge is 0.384 e. The van der Waals surface area contributed by atoms with Crippen LogP contribution in [0, 0.1) is 6.92 Å². The van der Waals surface area contributed by atoms with Crippen LogP contribution >= 0.6 is 0 Å². The lowest BCUT2D eigenvalue weighted by molar-refractivity contribution is 0.840. The van der Waals surface area contributed by atoms with E-state index in [9.17, 15) is 0 Å². The lowest BCUT2D eigenvalue weighted by Gasteiger charge is -2.07. The Morgan fingerprint density at radius 3 is 2.83 bits per heavy atom. The van der Waals surface area contributed by atoms with Gasteiger partial charge in [-0.05, 0) is 25.0 Å². The molecule has 0 unspecified atom stereocenters. The van der Waals surface area contributed by atoms with Crippen LogP contribution in [0.2, 0.25) is 0 Å². The zero-order chi connectivity index (χ0) is 12.8. The second-order valence-corrected chi connectivity index (χ2v) is 4.44. The third-order valence-corrected chi connectivity index (χ3v) is 2.87. The number of benzene rings is 1. The Bertz CT molecular complexity index is 490. The van der Waals surface area contributed by atoms with Gasteiger partial charge in [-0.3, -0.25) is 5.10 Å². The predicted molar refractivity (Wildman–Crippen MR) is 73.8 cm³/mol. The number of hydrogen-bond acceptors (Lipinski definition) is 3. The molecule has 0 saturated heterocycles. The molecule has 2 aromatic rings. The first kappa shape index (κ1) is 12.6. The number of H-pyrrole nitrogens is 1. The van der Waals surface area contributed by atoms with E-state index < -0.39 is 0 Å². The number of rotatable bonds is 6. The SMILES string of the molecule is CCCc1nc(CCNc2ccccc2C)n[nH]1. The van der Waals surface area contributed by atoms with Crippen LogP contribution in [0.3, 0.4) is 0 Å². The minimum absolute atomic E-state index is 0.842. The van der Waals surface area contributed by atoms with E-state index in [2.05, 4.69) is 46.5 Å². The number of aryl methyl sites for hydroxylation is 2. The molecule has 1 aromatic carbocycles. The van der Waals surface area contributed by atoms with Crippen molar-refractivity contribution in [1.82, 2.24) is 15.2 Å². The summed E-state index contributed by atoms with van der Waals surface area (Å²) in [6.07, 6.45) is 2.91. The maximum absolute atomic E-state index is 4.45. The summed E-state index contributed by atoms with van der Waals surface area (Å²) in [6, 6.07) is 8.29. The molecule has 0 amide bonds. The number of aromatic nitrogens is 3. The predicted octanol–water partition coefficient (Wildman–Crippen LogP) is 2.72. The molecule has 18 heavy (non-hydrogen) atoms. The van der Waals surface area contributed by atoms with Crippen molar-refractivity contribution in [1.29, 1.82) is 0 Å². The topological polar surface area (TPSA) is 53.6 Å². The van der Waals surface area contributed by atoms with E-state index in [4.69, 9.17) is 0 Å². The maximum Gasteiger partial charge on any atom is 0.152 e. The molecule has 0 aliphatic carbocycles. The van der Waals surface area contributed by atoms with Gasteiger partial charge in [0.2, 0.25) is 0 Å². The highest BCUT2D eigenvalue weighted by molar-refractivity contribution is 5.50. The molecule has 2 rings (SSSR count). The van der Waals surface area contributed by atoms with Gasteiger partial charge in [-0.15, -0.1) is 0 Å². The third-order valence-electron chi connectivity index (χ3n) is 2.87. The normalized spacial score (nSPS) is 10.6. The average molecular weight is 244 g/mol. The Balaban J connectivity index is 1.83. The maximum atomic E-state index is 4.45. The fourth-order valence-electron chi connectivity index (χ4n) is 1.88. The fourth-order valence-corrected chi connectivity index (χ4v) is 1.88. The monoisotopic (exact) mass is 244 g/mol. The fraction of sp³-hybridized carbons (Fsp3) is 0.429. The zero-order valence-corrected chi connectivity index (χ0v) is 11.0. The first-order valence-electron chi connectivity index (χ1n) is 6.49. The van der Waals surface area contributed by atoms with E-state index >= 15 is 0 Å². The molecule has 4 nitrogen and oxygen atoms in total. The van der Waals surface area contributed by atoms with Crippen LogP contribution in [-0.4, -0.2) is 21.7 Å². The van der Waals surface area contributed by atoms with Gasteiger partial charge < -0.3 is 5.32 Å². The molecule has 2 N–H and O–H groups in total. The molecule has 0 spiro atoms. The molecule has 0 radical (unpaired) electrons. The quantitative estimate of drug-likeness (QED) is 0.821. The molecule has 0 aliphatic rings. The van der Waals surface area contributed by atoms with Gasteiger partial charge in [0.15, 0.2) is 5.82 Å². The van der Waals surface area contributed by atoms with Crippen LogP contribution in [0.1, 0.15) is 30.6 Å². The van der Waals surface area contributed by atoms with Crippen LogP contribution in [0.4, 0.5) is 5.69 Å². The summed E-state index contributed by atoms with van der Waals surface area (Å²) >= 11 is 0. The zero-order valence-electron chi connectivity index (χ0n) is 11.0. The van der Waals surface area contributed by atoms with Crippen LogP contribution in [0.15, 0.2) is 24.3 Å². The van der Waals surface area contributed by atoms with Crippen molar-refractivity contribution < 1.29 is 0 Å². The van der Waals surface area contributed by atoms with Gasteiger partial charge in [-0.25, -0.2) is 4.98 Å². The summed E-state index contributed by atoms with van der Waals surface area (Å²) in [6.45, 7) is 5.10. The van der Waals surface area contributed by atoms with Crippen molar-refractivity contribution in [3.8, 4) is 0 Å². The Kier molecular flexibility index (Phi) is 4.34. The van der Waals surface area contributed by atoms with Crippen molar-refractivity contribution in [3.63, 3.8) is 0 Å². The van der Waals surface area contributed by atoms with E-state index in [0.717, 1.165) is 37.5 Å². The molecule has 0 saturated carbocycles. The third kappa shape index (κ3) is 3.32. The molecule has 4 heteroatoms. The van der Waals surface area contributed by atoms with E-state index in [1.54, 1.807) is 0 Å². The summed E-state index contributed by atoms with van der Waals surface area (Å²) in [5.41, 5.74) is 2.45. The first-order valence-corrected chi connectivity index (χ1v) is 6.49. The number of anilines is 1. The standard InChI is InChI=1S/C14H20N4/c1-3-6-13-16-14(18-17-13)9-10-15-12-8-5-4-7-11(12)2/h4-5,7-8,15H,3,6,9-10H2,1-2H3,(H,16,17,18). The van der Waals surface area contributed by atoms with E-state index in [-0.39, 0.29) is 0 Å². The minimum Gasteiger partial charge on any atom is -0.384 e. The van der Waals surface area contributed by atoms with Crippen LogP contribution in [0.5, 0.6) is 0 Å². The minimum atomic E-state index is 0.842. The molecule has 96 valence electrons. The van der Waals surface area contributed by atoms with Gasteiger partial charge >= 0.3 is 0 Å². The average Bonchev–Trinajstić information content (AvgIpc) is 2.80. The molecule has 0 fully saturated rings. The summed E-state index contributed by atoms with van der Waals surface area (Å²) in [4.78, 5) is 4.45. The number of nitrogens with zero attached hydrogens (tertiary/aromatic N) is 2. The van der Waals surface area contributed by atoms with Gasteiger partial charge in [0.05, 0.1) is 0 Å². The lowest BCUT2D eigenvalue weighted by atomic mass is 10.2. The number of hydrogen-bond donors (Lipinski definition) is 2.